The molecule has 9 nitrogen and oxygen atoms in total. The quantitative estimate of drug-likeness (QED) is 0.388. The molecule has 4 aromatic rings. The van der Waals surface area contributed by atoms with Crippen LogP contribution in [-0.2, 0) is 10.0 Å². The number of sulfonamides is 1. The molecule has 0 amide bonds. The van der Waals surface area contributed by atoms with Gasteiger partial charge in [-0.05, 0) is 44.4 Å². The summed E-state index contributed by atoms with van der Waals surface area (Å²) in [6.07, 6.45) is 4.73. The average Bonchev–Trinajstić information content (AvgIpc) is 3.34. The topological polar surface area (TPSA) is 113 Å². The minimum atomic E-state index is -3.55. The lowest BCUT2D eigenvalue weighted by Crippen LogP contribution is -2.31. The van der Waals surface area contributed by atoms with Crippen molar-refractivity contribution in [1.29, 1.82) is 0 Å². The van der Waals surface area contributed by atoms with Crippen LogP contribution in [0.5, 0.6) is 0 Å². The van der Waals surface area contributed by atoms with E-state index in [0.717, 1.165) is 16.8 Å². The van der Waals surface area contributed by atoms with Crippen molar-refractivity contribution in [2.24, 2.45) is 0 Å². The first-order valence-corrected chi connectivity index (χ1v) is 11.7. The predicted octanol–water partition coefficient (Wildman–Crippen LogP) is 3.38. The van der Waals surface area contributed by atoms with Gasteiger partial charge in [0, 0.05) is 36.1 Å². The number of anilines is 2. The highest BCUT2D eigenvalue weighted by atomic mass is 32.2. The third-order valence-corrected chi connectivity index (χ3v) is 6.30. The second-order valence-electron chi connectivity index (χ2n) is 7.56. The Balaban J connectivity index is 1.44. The van der Waals surface area contributed by atoms with E-state index < -0.39 is 10.0 Å². The molecular weight excluding hydrogens is 440 g/mol. The van der Waals surface area contributed by atoms with Crippen LogP contribution in [0.15, 0.2) is 82.7 Å². The van der Waals surface area contributed by atoms with Crippen LogP contribution in [0.4, 0.5) is 11.6 Å². The van der Waals surface area contributed by atoms with Crippen LogP contribution in [-0.4, -0.2) is 55.5 Å². The summed E-state index contributed by atoms with van der Waals surface area (Å²) in [7, 11) is 0.222. The van der Waals surface area contributed by atoms with Crippen LogP contribution in [0.1, 0.15) is 0 Å². The molecule has 33 heavy (non-hydrogen) atoms. The zero-order chi connectivity index (χ0) is 23.3. The van der Waals surface area contributed by atoms with Crippen molar-refractivity contribution in [3.8, 4) is 22.6 Å². The Hall–Kier alpha value is -3.60. The average molecular weight is 465 g/mol. The number of rotatable bonds is 9. The van der Waals surface area contributed by atoms with Crippen molar-refractivity contribution >= 4 is 21.7 Å². The van der Waals surface area contributed by atoms with Gasteiger partial charge >= 0.3 is 0 Å². The first kappa shape index (κ1) is 22.6. The number of aromatic nitrogens is 3. The van der Waals surface area contributed by atoms with Gasteiger partial charge in [0.1, 0.15) is 0 Å². The van der Waals surface area contributed by atoms with Crippen molar-refractivity contribution < 1.29 is 12.8 Å². The molecule has 0 aliphatic rings. The summed E-state index contributed by atoms with van der Waals surface area (Å²) in [5.41, 5.74) is 3.28. The molecule has 0 saturated heterocycles. The van der Waals surface area contributed by atoms with E-state index in [2.05, 4.69) is 25.0 Å². The fraction of sp³-hybridized carbons (Fsp3) is 0.174. The Kier molecular flexibility index (Phi) is 6.78. The summed E-state index contributed by atoms with van der Waals surface area (Å²) in [5, 5.41) is 3.12. The van der Waals surface area contributed by atoms with Crippen molar-refractivity contribution in [3.63, 3.8) is 0 Å². The molecule has 10 heteroatoms. The van der Waals surface area contributed by atoms with E-state index in [0.29, 0.717) is 30.5 Å². The molecule has 0 atom stereocenters. The molecule has 0 radical (unpaired) electrons. The Morgan fingerprint density at radius 3 is 2.36 bits per heavy atom. The number of hydrogen-bond acceptors (Lipinski definition) is 8. The number of likely N-dealkylation sites (N-methyl/N-ethyl adjacent to an activating group) is 1. The van der Waals surface area contributed by atoms with Gasteiger partial charge in [-0.25, -0.2) is 28.1 Å². The molecule has 2 N–H and O–H groups in total. The molecule has 0 bridgehead atoms. The van der Waals surface area contributed by atoms with Gasteiger partial charge in [0.05, 0.1) is 16.8 Å². The molecule has 170 valence electrons. The van der Waals surface area contributed by atoms with Crippen LogP contribution < -0.4 is 10.0 Å². The number of hydrogen-bond donors (Lipinski definition) is 2. The third-order valence-electron chi connectivity index (χ3n) is 4.82. The van der Waals surface area contributed by atoms with Crippen LogP contribution in [0, 0.1) is 0 Å². The van der Waals surface area contributed by atoms with Crippen LogP contribution in [0.25, 0.3) is 22.6 Å². The predicted molar refractivity (Wildman–Crippen MR) is 126 cm³/mol. The van der Waals surface area contributed by atoms with E-state index in [1.165, 1.54) is 6.39 Å². The van der Waals surface area contributed by atoms with Gasteiger partial charge in [0.2, 0.25) is 16.0 Å². The Labute approximate surface area is 192 Å². The minimum absolute atomic E-state index is 0.202. The minimum Gasteiger partial charge on any atom is -0.444 e. The molecule has 2 aromatic heterocycles. The number of oxazole rings is 1. The number of benzene rings is 2. The molecule has 0 aliphatic carbocycles. The number of nitrogens with zero attached hydrogens (tertiary/aromatic N) is 4. The normalized spacial score (nSPS) is 11.6. The summed E-state index contributed by atoms with van der Waals surface area (Å²) >= 11 is 0. The van der Waals surface area contributed by atoms with Crippen LogP contribution in [0.2, 0.25) is 0 Å². The van der Waals surface area contributed by atoms with Crippen LogP contribution >= 0.6 is 0 Å². The maximum Gasteiger partial charge on any atom is 0.240 e. The zero-order valence-corrected chi connectivity index (χ0v) is 19.1. The molecule has 0 unspecified atom stereocenters. The van der Waals surface area contributed by atoms with E-state index in [9.17, 15) is 8.42 Å². The maximum atomic E-state index is 12.4. The van der Waals surface area contributed by atoms with Crippen molar-refractivity contribution in [2.45, 2.75) is 4.90 Å². The highest BCUT2D eigenvalue weighted by molar-refractivity contribution is 7.89. The Bertz CT molecular complexity index is 1290. The molecule has 0 spiro atoms. The summed E-state index contributed by atoms with van der Waals surface area (Å²) in [6, 6.07) is 16.1. The lowest BCUT2D eigenvalue weighted by atomic mass is 10.1. The van der Waals surface area contributed by atoms with Gasteiger partial charge < -0.3 is 14.6 Å². The van der Waals surface area contributed by atoms with E-state index in [-0.39, 0.29) is 4.90 Å². The molecule has 0 fully saturated rings. The first-order chi connectivity index (χ1) is 15.9. The fourth-order valence-corrected chi connectivity index (χ4v) is 4.10. The largest absolute Gasteiger partial charge is 0.444 e. The molecule has 0 saturated carbocycles. The highest BCUT2D eigenvalue weighted by Crippen LogP contribution is 2.24. The highest BCUT2D eigenvalue weighted by Gasteiger charge is 2.13. The molecular formula is C23H24N6O3S. The monoisotopic (exact) mass is 464 g/mol. The van der Waals surface area contributed by atoms with Gasteiger partial charge in [-0.15, -0.1) is 0 Å². The summed E-state index contributed by atoms with van der Waals surface area (Å²) in [5.74, 6) is 1.11. The fourth-order valence-electron chi connectivity index (χ4n) is 3.08. The van der Waals surface area contributed by atoms with Gasteiger partial charge in [-0.2, -0.15) is 0 Å². The Morgan fingerprint density at radius 1 is 0.970 bits per heavy atom. The summed E-state index contributed by atoms with van der Waals surface area (Å²) < 4.78 is 32.7. The number of nitrogens with one attached hydrogen (secondary N) is 2. The SMILES string of the molecule is CN(C)CCNS(=O)(=O)c1ccc(Nc2nccc(-c3ccc(-c4cnco4)cc3)n2)cc1. The zero-order valence-electron chi connectivity index (χ0n) is 18.3. The van der Waals surface area contributed by atoms with Gasteiger partial charge in [-0.3, -0.25) is 0 Å². The molecule has 2 aromatic carbocycles. The van der Waals surface area contributed by atoms with Crippen LogP contribution in [0.3, 0.4) is 0 Å². The van der Waals surface area contributed by atoms with Gasteiger partial charge in [0.15, 0.2) is 12.2 Å². The standard InChI is InChI=1S/C23H24N6O3S/c1-29(2)14-13-26-33(30,31)20-9-7-19(8-10-20)27-23-25-12-11-21(28-23)17-3-5-18(6-4-17)22-15-24-16-32-22/h3-12,15-16,26H,13-14H2,1-2H3,(H,25,27,28). The summed E-state index contributed by atoms with van der Waals surface area (Å²) in [4.78, 5) is 14.9. The van der Waals surface area contributed by atoms with Crippen molar-refractivity contribution in [1.82, 2.24) is 24.6 Å². The van der Waals surface area contributed by atoms with Crippen molar-refractivity contribution in [2.75, 3.05) is 32.5 Å². The van der Waals surface area contributed by atoms with E-state index in [1.54, 1.807) is 36.7 Å². The lowest BCUT2D eigenvalue weighted by molar-refractivity contribution is 0.412. The van der Waals surface area contributed by atoms with Gasteiger partial charge in [0.25, 0.3) is 0 Å². The molecule has 2 heterocycles. The smallest absolute Gasteiger partial charge is 0.240 e. The first-order valence-electron chi connectivity index (χ1n) is 10.2. The van der Waals surface area contributed by atoms with Crippen molar-refractivity contribution in [3.05, 3.63) is 73.4 Å². The maximum absolute atomic E-state index is 12.4. The van der Waals surface area contributed by atoms with E-state index in [4.69, 9.17) is 4.42 Å². The second kappa shape index (κ2) is 9.90. The molecule has 4 rings (SSSR count). The van der Waals surface area contributed by atoms with Gasteiger partial charge in [-0.1, -0.05) is 24.3 Å². The summed E-state index contributed by atoms with van der Waals surface area (Å²) in [6.45, 7) is 0.963. The lowest BCUT2D eigenvalue weighted by Gasteiger charge is -2.11. The molecule has 0 aliphatic heterocycles. The third kappa shape index (κ3) is 5.80. The second-order valence-corrected chi connectivity index (χ2v) is 9.33. The van der Waals surface area contributed by atoms with E-state index >= 15 is 0 Å². The van der Waals surface area contributed by atoms with E-state index in [1.807, 2.05) is 49.3 Å². The Morgan fingerprint density at radius 2 is 1.70 bits per heavy atom.